The topological polar surface area (TPSA) is 74.8 Å². The Morgan fingerprint density at radius 3 is 2.93 bits per heavy atom. The zero-order valence-corrected chi connectivity index (χ0v) is 18.5. The number of hydrogen-bond donors (Lipinski definition) is 0. The third-order valence-electron chi connectivity index (χ3n) is 5.49. The summed E-state index contributed by atoms with van der Waals surface area (Å²) in [6, 6.07) is 3.34. The number of nitrogens with zero attached hydrogens (tertiary/aromatic N) is 5. The van der Waals surface area contributed by atoms with E-state index in [1.807, 2.05) is 33.9 Å². The van der Waals surface area contributed by atoms with Gasteiger partial charge in [0.2, 0.25) is 0 Å². The van der Waals surface area contributed by atoms with Gasteiger partial charge in [-0.15, -0.1) is 0 Å². The van der Waals surface area contributed by atoms with E-state index < -0.39 is 8.07 Å². The van der Waals surface area contributed by atoms with Crippen LogP contribution < -0.4 is 0 Å². The van der Waals surface area contributed by atoms with Gasteiger partial charge in [-0.1, -0.05) is 19.6 Å². The fourth-order valence-electron chi connectivity index (χ4n) is 3.77. The minimum Gasteiger partial charge on any atom is -0.361 e. The van der Waals surface area contributed by atoms with Crippen molar-refractivity contribution in [3.8, 4) is 11.3 Å². The van der Waals surface area contributed by atoms with E-state index in [9.17, 15) is 4.79 Å². The first-order valence-electron chi connectivity index (χ1n) is 10.3. The minimum atomic E-state index is -1.09. The van der Waals surface area contributed by atoms with Gasteiger partial charge < -0.3 is 9.30 Å². The molecule has 1 aliphatic carbocycles. The Hall–Kier alpha value is -2.32. The molecule has 3 aromatic heterocycles. The van der Waals surface area contributed by atoms with Crippen molar-refractivity contribution in [1.29, 1.82) is 0 Å². The van der Waals surface area contributed by atoms with Crippen LogP contribution in [-0.2, 0) is 16.3 Å². The predicted molar refractivity (Wildman–Crippen MR) is 115 cm³/mol. The summed E-state index contributed by atoms with van der Waals surface area (Å²) >= 11 is 0. The Labute approximate surface area is 172 Å². The summed E-state index contributed by atoms with van der Waals surface area (Å²) in [5, 5.41) is 5.51. The fourth-order valence-corrected chi connectivity index (χ4v) is 4.52. The van der Waals surface area contributed by atoms with Gasteiger partial charge in [0, 0.05) is 50.9 Å². The Morgan fingerprint density at radius 2 is 2.14 bits per heavy atom. The number of carbonyl (C=O) groups is 1. The molecule has 1 aliphatic rings. The highest BCUT2D eigenvalue weighted by Gasteiger charge is 2.22. The first kappa shape index (κ1) is 20.0. The van der Waals surface area contributed by atoms with Crippen LogP contribution in [0.4, 0.5) is 0 Å². The summed E-state index contributed by atoms with van der Waals surface area (Å²) in [5.74, 6) is 0.328. The lowest BCUT2D eigenvalue weighted by Gasteiger charge is -2.20. The molecular formula is C21H29N5O2Si. The van der Waals surface area contributed by atoms with Crippen molar-refractivity contribution in [2.45, 2.75) is 64.1 Å². The van der Waals surface area contributed by atoms with Gasteiger partial charge in [-0.05, 0) is 25.0 Å². The molecule has 1 saturated carbocycles. The van der Waals surface area contributed by atoms with Gasteiger partial charge in [0.15, 0.2) is 0 Å². The molecule has 154 valence electrons. The lowest BCUT2D eigenvalue weighted by atomic mass is 9.94. The Balaban J connectivity index is 1.52. The molecule has 1 atom stereocenters. The molecular weight excluding hydrogens is 382 g/mol. The van der Waals surface area contributed by atoms with E-state index in [4.69, 9.17) is 4.74 Å². The normalized spacial score (nSPS) is 17.9. The highest BCUT2D eigenvalue weighted by Crippen LogP contribution is 2.30. The van der Waals surface area contributed by atoms with E-state index in [0.29, 0.717) is 25.4 Å². The molecule has 29 heavy (non-hydrogen) atoms. The van der Waals surface area contributed by atoms with E-state index in [0.717, 1.165) is 47.8 Å². The van der Waals surface area contributed by atoms with Crippen LogP contribution in [0.1, 0.15) is 31.7 Å². The van der Waals surface area contributed by atoms with Crippen LogP contribution >= 0.6 is 0 Å². The molecule has 7 nitrogen and oxygen atoms in total. The number of aromatic nitrogens is 5. The van der Waals surface area contributed by atoms with E-state index in [1.54, 1.807) is 6.33 Å². The van der Waals surface area contributed by atoms with Crippen LogP contribution in [0.2, 0.25) is 25.7 Å². The van der Waals surface area contributed by atoms with E-state index in [2.05, 4.69) is 34.7 Å². The van der Waals surface area contributed by atoms with Gasteiger partial charge in [-0.2, -0.15) is 5.10 Å². The molecule has 1 unspecified atom stereocenters. The SMILES string of the molecule is C[Si](C)(C)CCOCn1ccc2c(-c3cnn(C4CCCC(=O)C4)c3)ncnc21. The number of carbonyl (C=O) groups excluding carboxylic acids is 1. The van der Waals surface area contributed by atoms with Crippen molar-refractivity contribution in [2.24, 2.45) is 0 Å². The zero-order chi connectivity index (χ0) is 20.4. The number of ketones is 1. The molecule has 3 heterocycles. The monoisotopic (exact) mass is 411 g/mol. The molecule has 0 aromatic carbocycles. The molecule has 0 amide bonds. The third kappa shape index (κ3) is 4.64. The Morgan fingerprint density at radius 1 is 1.28 bits per heavy atom. The maximum atomic E-state index is 11.8. The Bertz CT molecular complexity index is 1000. The predicted octanol–water partition coefficient (Wildman–Crippen LogP) is 4.29. The van der Waals surface area contributed by atoms with Crippen LogP contribution in [0.5, 0.6) is 0 Å². The zero-order valence-electron chi connectivity index (χ0n) is 17.5. The second-order valence-electron chi connectivity index (χ2n) is 9.09. The van der Waals surface area contributed by atoms with Crippen LogP contribution in [0.25, 0.3) is 22.3 Å². The summed E-state index contributed by atoms with van der Waals surface area (Å²) in [5.41, 5.74) is 2.68. The molecule has 4 rings (SSSR count). The third-order valence-corrected chi connectivity index (χ3v) is 7.19. The first-order valence-corrected chi connectivity index (χ1v) is 14.1. The van der Waals surface area contributed by atoms with E-state index in [1.165, 1.54) is 0 Å². The van der Waals surface area contributed by atoms with E-state index >= 15 is 0 Å². The molecule has 8 heteroatoms. The first-order chi connectivity index (χ1) is 13.9. The van der Waals surface area contributed by atoms with Gasteiger partial charge in [0.05, 0.1) is 17.9 Å². The quantitative estimate of drug-likeness (QED) is 0.428. The van der Waals surface area contributed by atoms with Gasteiger partial charge >= 0.3 is 0 Å². The van der Waals surface area contributed by atoms with Crippen molar-refractivity contribution < 1.29 is 9.53 Å². The highest BCUT2D eigenvalue weighted by molar-refractivity contribution is 6.76. The fraction of sp³-hybridized carbons (Fsp3) is 0.524. The highest BCUT2D eigenvalue weighted by atomic mass is 28.3. The van der Waals surface area contributed by atoms with E-state index in [-0.39, 0.29) is 6.04 Å². The molecule has 0 bridgehead atoms. The Kier molecular flexibility index (Phi) is 5.64. The van der Waals surface area contributed by atoms with Crippen LogP contribution in [0, 0.1) is 0 Å². The molecule has 1 fully saturated rings. The average Bonchev–Trinajstić information content (AvgIpc) is 3.32. The van der Waals surface area contributed by atoms with Crippen molar-refractivity contribution in [3.63, 3.8) is 0 Å². The smallest absolute Gasteiger partial charge is 0.145 e. The molecule has 0 spiro atoms. The molecule has 0 aliphatic heterocycles. The van der Waals surface area contributed by atoms with Crippen molar-refractivity contribution >= 4 is 24.9 Å². The minimum absolute atomic E-state index is 0.159. The number of hydrogen-bond acceptors (Lipinski definition) is 5. The van der Waals surface area contributed by atoms with Crippen LogP contribution in [0.15, 0.2) is 31.0 Å². The van der Waals surface area contributed by atoms with Crippen molar-refractivity contribution in [1.82, 2.24) is 24.3 Å². The average molecular weight is 412 g/mol. The number of fused-ring (bicyclic) bond motifs is 1. The second-order valence-corrected chi connectivity index (χ2v) is 14.7. The molecule has 0 radical (unpaired) electrons. The summed E-state index contributed by atoms with van der Waals surface area (Å²) in [4.78, 5) is 20.8. The largest absolute Gasteiger partial charge is 0.361 e. The summed E-state index contributed by atoms with van der Waals surface area (Å²) < 4.78 is 9.84. The van der Waals surface area contributed by atoms with Crippen molar-refractivity contribution in [2.75, 3.05) is 6.61 Å². The lowest BCUT2D eigenvalue weighted by Crippen LogP contribution is -2.22. The van der Waals surface area contributed by atoms with Gasteiger partial charge in [0.1, 0.15) is 24.5 Å². The number of ether oxygens (including phenoxy) is 1. The maximum absolute atomic E-state index is 11.8. The summed E-state index contributed by atoms with van der Waals surface area (Å²) in [6.45, 7) is 8.33. The second kappa shape index (κ2) is 8.20. The molecule has 0 saturated heterocycles. The number of rotatable bonds is 7. The van der Waals surface area contributed by atoms with Gasteiger partial charge in [-0.25, -0.2) is 9.97 Å². The van der Waals surface area contributed by atoms with Gasteiger partial charge in [-0.3, -0.25) is 9.48 Å². The van der Waals surface area contributed by atoms with Crippen LogP contribution in [-0.4, -0.2) is 44.8 Å². The molecule has 3 aromatic rings. The number of Topliss-reactive ketones (excluding diaryl/α,β-unsaturated/α-hetero) is 1. The van der Waals surface area contributed by atoms with Crippen LogP contribution in [0.3, 0.4) is 0 Å². The standard InChI is InChI=1S/C21H29N5O2Si/c1-29(2,3)10-9-28-15-25-8-7-19-20(22-14-23-21(19)25)16-12-24-26(13-16)17-5-4-6-18(27)11-17/h7-8,12-14,17H,4-6,9-11,15H2,1-3H3. The lowest BCUT2D eigenvalue weighted by molar-refractivity contribution is -0.121. The summed E-state index contributed by atoms with van der Waals surface area (Å²) in [7, 11) is -1.09. The maximum Gasteiger partial charge on any atom is 0.145 e. The van der Waals surface area contributed by atoms with Gasteiger partial charge in [0.25, 0.3) is 0 Å². The molecule has 0 N–H and O–H groups in total. The van der Waals surface area contributed by atoms with Crippen molar-refractivity contribution in [3.05, 3.63) is 31.0 Å². The summed E-state index contributed by atoms with van der Waals surface area (Å²) in [6.07, 6.45) is 10.7.